The van der Waals surface area contributed by atoms with Crippen molar-refractivity contribution in [2.75, 3.05) is 0 Å². The van der Waals surface area contributed by atoms with Gasteiger partial charge in [-0.3, -0.25) is 4.58 Å². The second kappa shape index (κ2) is 2.12. The highest BCUT2D eigenvalue weighted by Crippen LogP contribution is 1.74. The van der Waals surface area contributed by atoms with Crippen molar-refractivity contribution in [3.05, 3.63) is 24.6 Å². The first-order valence-electron chi connectivity index (χ1n) is 1.90. The Labute approximate surface area is 40.1 Å². The predicted octanol–water partition coefficient (Wildman–Crippen LogP) is 1.33. The maximum absolute atomic E-state index is 4.34. The van der Waals surface area contributed by atoms with Gasteiger partial charge in [0.15, 0.2) is 0 Å². The predicted molar refractivity (Wildman–Crippen MR) is 23.0 cm³/mol. The smallest absolute Gasteiger partial charge is 0.145 e. The third-order valence-electron chi connectivity index (χ3n) is 0.506. The number of nitrogens with one attached hydrogen (secondary N) is 1. The molecule has 3 nitrogen and oxygen atoms in total. The molecule has 1 N–H and O–H groups in total. The van der Waals surface area contributed by atoms with Crippen LogP contribution in [0.5, 0.6) is 0 Å². The average molecular weight is 99.1 g/mol. The Bertz CT molecular complexity index is 97.7. The van der Waals surface area contributed by atoms with Gasteiger partial charge in [0.25, 0.3) is 0 Å². The topological polar surface area (TPSA) is 42.1 Å². The summed E-state index contributed by atoms with van der Waals surface area (Å²) < 4.78 is 8.61. The molecule has 1 aromatic rings. The van der Waals surface area contributed by atoms with Gasteiger partial charge in [-0.1, -0.05) is 0 Å². The van der Waals surface area contributed by atoms with Crippen LogP contribution in [0.15, 0.2) is 33.9 Å². The van der Waals surface area contributed by atoms with Crippen molar-refractivity contribution in [1.82, 2.24) is 5.16 Å². The second-order valence-corrected chi connectivity index (χ2v) is 0.985. The van der Waals surface area contributed by atoms with Crippen molar-refractivity contribution in [2.45, 2.75) is 0 Å². The molecule has 0 aliphatic heterocycles. The SMILES string of the molecule is c1ccoo[nH]c1. The van der Waals surface area contributed by atoms with Crippen LogP contribution in [0.4, 0.5) is 0 Å². The molecule has 0 fully saturated rings. The molecule has 0 atom stereocenters. The van der Waals surface area contributed by atoms with E-state index in [-0.39, 0.29) is 0 Å². The first-order chi connectivity index (χ1) is 3.50. The quantitative estimate of drug-likeness (QED) is 0.498. The Balaban J connectivity index is 3.06. The van der Waals surface area contributed by atoms with Crippen LogP contribution < -0.4 is 0 Å². The Morgan fingerprint density at radius 1 is 1.29 bits per heavy atom. The number of hydrogen-bond acceptors (Lipinski definition) is 2. The summed E-state index contributed by atoms with van der Waals surface area (Å²) in [5.74, 6) is 0. The second-order valence-electron chi connectivity index (χ2n) is 0.985. The number of aromatic nitrogens is 1. The summed E-state index contributed by atoms with van der Waals surface area (Å²) in [4.78, 5) is 0. The molecule has 1 heterocycles. The molecule has 1 rings (SSSR count). The summed E-state index contributed by atoms with van der Waals surface area (Å²) in [6, 6.07) is 3.47. The van der Waals surface area contributed by atoms with Gasteiger partial charge in [-0.15, -0.1) is 0 Å². The fraction of sp³-hybridized carbons (Fsp3) is 0. The van der Waals surface area contributed by atoms with E-state index in [1.165, 1.54) is 6.26 Å². The number of hydrogen-bond donors (Lipinski definition) is 1. The van der Waals surface area contributed by atoms with Crippen molar-refractivity contribution in [3.63, 3.8) is 0 Å². The molecule has 0 radical (unpaired) electrons. The lowest BCUT2D eigenvalue weighted by Gasteiger charge is -1.63. The highest BCUT2D eigenvalue weighted by Gasteiger charge is 1.58. The van der Waals surface area contributed by atoms with Crippen LogP contribution in [0.3, 0.4) is 0 Å². The highest BCUT2D eigenvalue weighted by molar-refractivity contribution is 4.75. The third kappa shape index (κ3) is 1.17. The van der Waals surface area contributed by atoms with Crippen molar-refractivity contribution < 1.29 is 9.26 Å². The van der Waals surface area contributed by atoms with Gasteiger partial charge in [0.2, 0.25) is 0 Å². The first-order valence-corrected chi connectivity index (χ1v) is 1.90. The van der Waals surface area contributed by atoms with Crippen LogP contribution in [0.25, 0.3) is 0 Å². The highest BCUT2D eigenvalue weighted by atomic mass is 17.0. The average Bonchev–Trinajstić information content (AvgIpc) is 1.90. The first kappa shape index (κ1) is 4.05. The number of H-pyrrole nitrogens is 1. The lowest BCUT2D eigenvalue weighted by molar-refractivity contribution is -0.00935. The van der Waals surface area contributed by atoms with Crippen LogP contribution in [-0.4, -0.2) is 5.16 Å². The summed E-state index contributed by atoms with van der Waals surface area (Å²) >= 11 is 0. The largest absolute Gasteiger partial charge is 0.277 e. The summed E-state index contributed by atoms with van der Waals surface area (Å²) in [6.45, 7) is 0. The number of aromatic amines is 1. The van der Waals surface area contributed by atoms with Gasteiger partial charge in [0.05, 0.1) is 0 Å². The lowest BCUT2D eigenvalue weighted by atomic mass is 10.6. The standard InChI is InChI=1S/C4H5NO2/c1-2-4-6-7-5-3-1/h1-5H. The number of rotatable bonds is 0. The minimum atomic E-state index is 1.43. The zero-order valence-electron chi connectivity index (χ0n) is 3.63. The monoisotopic (exact) mass is 99.0 g/mol. The summed E-state index contributed by atoms with van der Waals surface area (Å²) in [5, 5.41) is 2.38. The van der Waals surface area contributed by atoms with Gasteiger partial charge in [-0.2, -0.15) is 9.84 Å². The molecule has 0 amide bonds. The molecule has 0 aliphatic rings. The molecule has 38 valence electrons. The van der Waals surface area contributed by atoms with E-state index < -0.39 is 0 Å². The minimum Gasteiger partial charge on any atom is -0.277 e. The third-order valence-corrected chi connectivity index (χ3v) is 0.506. The lowest BCUT2D eigenvalue weighted by Crippen LogP contribution is -1.48. The fourth-order valence-electron chi connectivity index (χ4n) is 0.256. The van der Waals surface area contributed by atoms with E-state index in [2.05, 4.69) is 14.4 Å². The van der Waals surface area contributed by atoms with E-state index in [1.54, 1.807) is 18.3 Å². The van der Waals surface area contributed by atoms with Gasteiger partial charge >= 0.3 is 0 Å². The van der Waals surface area contributed by atoms with Crippen LogP contribution in [0.2, 0.25) is 0 Å². The van der Waals surface area contributed by atoms with Gasteiger partial charge in [-0.25, -0.2) is 0 Å². The van der Waals surface area contributed by atoms with Crippen LogP contribution >= 0.6 is 0 Å². The molecule has 0 bridgehead atoms. The normalized spacial score (nSPS) is 8.00. The van der Waals surface area contributed by atoms with Gasteiger partial charge in [0.1, 0.15) is 6.26 Å². The molecule has 3 heteroatoms. The molecule has 7 heavy (non-hydrogen) atoms. The molecule has 0 aliphatic carbocycles. The molecule has 1 aromatic heterocycles. The van der Waals surface area contributed by atoms with E-state index in [0.29, 0.717) is 0 Å². The van der Waals surface area contributed by atoms with Gasteiger partial charge < -0.3 is 0 Å². The van der Waals surface area contributed by atoms with E-state index >= 15 is 0 Å². The van der Waals surface area contributed by atoms with Gasteiger partial charge in [-0.05, 0) is 12.1 Å². The molecular weight excluding hydrogens is 94.0 g/mol. The Kier molecular flexibility index (Phi) is 1.23. The fourth-order valence-corrected chi connectivity index (χ4v) is 0.256. The Hall–Kier alpha value is -1.12. The molecule has 0 saturated carbocycles. The zero-order chi connectivity index (χ0) is 4.95. The minimum absolute atomic E-state index is 1.43. The van der Waals surface area contributed by atoms with Crippen molar-refractivity contribution in [3.8, 4) is 0 Å². The molecule has 0 spiro atoms. The van der Waals surface area contributed by atoms with Crippen molar-refractivity contribution in [1.29, 1.82) is 0 Å². The summed E-state index contributed by atoms with van der Waals surface area (Å²) in [7, 11) is 0. The van der Waals surface area contributed by atoms with Gasteiger partial charge in [0, 0.05) is 6.20 Å². The Morgan fingerprint density at radius 2 is 2.29 bits per heavy atom. The zero-order valence-corrected chi connectivity index (χ0v) is 3.63. The maximum Gasteiger partial charge on any atom is 0.145 e. The maximum atomic E-state index is 4.34. The molecule has 0 aromatic carbocycles. The van der Waals surface area contributed by atoms with Crippen molar-refractivity contribution in [2.24, 2.45) is 0 Å². The summed E-state index contributed by atoms with van der Waals surface area (Å²) in [5.41, 5.74) is 0. The van der Waals surface area contributed by atoms with Crippen LogP contribution in [0, 0.1) is 0 Å². The Morgan fingerprint density at radius 3 is 3.29 bits per heavy atom. The van der Waals surface area contributed by atoms with E-state index in [1.807, 2.05) is 0 Å². The van der Waals surface area contributed by atoms with E-state index in [4.69, 9.17) is 0 Å². The molecular formula is C4H5NO2. The summed E-state index contributed by atoms with van der Waals surface area (Å²) in [6.07, 6.45) is 3.04. The van der Waals surface area contributed by atoms with E-state index in [0.717, 1.165) is 0 Å². The van der Waals surface area contributed by atoms with Crippen LogP contribution in [0.1, 0.15) is 0 Å². The molecule has 0 saturated heterocycles. The van der Waals surface area contributed by atoms with Crippen LogP contribution in [-0.2, 0) is 0 Å². The van der Waals surface area contributed by atoms with Crippen molar-refractivity contribution >= 4 is 0 Å². The van der Waals surface area contributed by atoms with E-state index in [9.17, 15) is 0 Å². The molecule has 0 unspecified atom stereocenters.